The van der Waals surface area contributed by atoms with E-state index in [4.69, 9.17) is 4.74 Å². The number of para-hydroxylation sites is 1. The summed E-state index contributed by atoms with van der Waals surface area (Å²) in [5.74, 6) is 0.232. The second-order valence-electron chi connectivity index (χ2n) is 6.76. The summed E-state index contributed by atoms with van der Waals surface area (Å²) in [6, 6.07) is 20.8. The predicted molar refractivity (Wildman–Crippen MR) is 124 cm³/mol. The quantitative estimate of drug-likeness (QED) is 0.506. The van der Waals surface area contributed by atoms with Gasteiger partial charge in [0, 0.05) is 29.6 Å². The number of anilines is 1. The maximum atomic E-state index is 12.9. The number of hydrogen-bond donors (Lipinski definition) is 1. The van der Waals surface area contributed by atoms with Crippen molar-refractivity contribution in [2.24, 2.45) is 0 Å². The van der Waals surface area contributed by atoms with Crippen LogP contribution in [0.3, 0.4) is 0 Å². The Bertz CT molecular complexity index is 1170. The zero-order valence-corrected chi connectivity index (χ0v) is 19.2. The smallest absolute Gasteiger partial charge is 0.255 e. The molecule has 3 aromatic carbocycles. The van der Waals surface area contributed by atoms with Crippen LogP contribution in [0.15, 0.2) is 82.6 Å². The van der Waals surface area contributed by atoms with E-state index in [-0.39, 0.29) is 17.3 Å². The van der Waals surface area contributed by atoms with Crippen molar-refractivity contribution < 1.29 is 17.9 Å². The van der Waals surface area contributed by atoms with Gasteiger partial charge in [0.25, 0.3) is 5.91 Å². The Morgan fingerprint density at radius 3 is 2.39 bits per heavy atom. The lowest BCUT2D eigenvalue weighted by atomic mass is 10.1. The van der Waals surface area contributed by atoms with Gasteiger partial charge in [-0.05, 0) is 48.7 Å². The molecule has 0 aliphatic rings. The predicted octanol–water partition coefficient (Wildman–Crippen LogP) is 4.49. The first-order chi connectivity index (χ1) is 14.9. The van der Waals surface area contributed by atoms with Crippen LogP contribution in [0.2, 0.25) is 0 Å². The van der Waals surface area contributed by atoms with Crippen LogP contribution in [0.4, 0.5) is 5.69 Å². The van der Waals surface area contributed by atoms with Gasteiger partial charge in [-0.1, -0.05) is 30.3 Å². The SMILES string of the molecule is COc1ccc(C(=O)Nc2ccccc2SC)cc1CN(C)S(=O)(=O)c1ccccc1. The largest absolute Gasteiger partial charge is 0.496 e. The van der Waals surface area contributed by atoms with Crippen molar-refractivity contribution in [3.05, 3.63) is 83.9 Å². The number of amides is 1. The third-order valence-corrected chi connectivity index (χ3v) is 7.36. The van der Waals surface area contributed by atoms with Gasteiger partial charge < -0.3 is 10.1 Å². The number of nitrogens with one attached hydrogen (secondary N) is 1. The van der Waals surface area contributed by atoms with Crippen molar-refractivity contribution in [2.75, 3.05) is 25.7 Å². The van der Waals surface area contributed by atoms with Gasteiger partial charge in [-0.25, -0.2) is 8.42 Å². The number of ether oxygens (including phenoxy) is 1. The van der Waals surface area contributed by atoms with Crippen molar-refractivity contribution in [3.8, 4) is 5.75 Å². The van der Waals surface area contributed by atoms with Crippen molar-refractivity contribution in [2.45, 2.75) is 16.3 Å². The van der Waals surface area contributed by atoms with Gasteiger partial charge in [0.1, 0.15) is 5.75 Å². The van der Waals surface area contributed by atoms with E-state index in [1.54, 1.807) is 60.3 Å². The Morgan fingerprint density at radius 1 is 1.03 bits per heavy atom. The lowest BCUT2D eigenvalue weighted by molar-refractivity contribution is 0.102. The summed E-state index contributed by atoms with van der Waals surface area (Å²) in [5.41, 5.74) is 1.73. The second-order valence-corrected chi connectivity index (χ2v) is 9.65. The minimum Gasteiger partial charge on any atom is -0.496 e. The Balaban J connectivity index is 1.86. The van der Waals surface area contributed by atoms with E-state index < -0.39 is 10.0 Å². The van der Waals surface area contributed by atoms with Crippen LogP contribution in [0, 0.1) is 0 Å². The highest BCUT2D eigenvalue weighted by Gasteiger charge is 2.22. The van der Waals surface area contributed by atoms with Gasteiger partial charge in [0.15, 0.2) is 0 Å². The van der Waals surface area contributed by atoms with Crippen LogP contribution in [-0.4, -0.2) is 39.0 Å². The molecule has 1 N–H and O–H groups in total. The number of sulfonamides is 1. The maximum Gasteiger partial charge on any atom is 0.255 e. The number of carbonyl (C=O) groups is 1. The number of methoxy groups -OCH3 is 1. The van der Waals surface area contributed by atoms with Gasteiger partial charge in [0.05, 0.1) is 17.7 Å². The van der Waals surface area contributed by atoms with E-state index in [1.807, 2.05) is 30.5 Å². The number of benzene rings is 3. The zero-order valence-electron chi connectivity index (χ0n) is 17.5. The molecule has 1 amide bonds. The van der Waals surface area contributed by atoms with Crippen molar-refractivity contribution in [1.29, 1.82) is 0 Å². The lowest BCUT2D eigenvalue weighted by Gasteiger charge is -2.19. The summed E-state index contributed by atoms with van der Waals surface area (Å²) >= 11 is 1.54. The standard InChI is InChI=1S/C23H24N2O4S2/c1-25(31(27,28)19-9-5-4-6-10-19)16-18-15-17(13-14-21(18)29-2)23(26)24-20-11-7-8-12-22(20)30-3/h4-15H,16H2,1-3H3,(H,24,26). The van der Waals surface area contributed by atoms with Gasteiger partial charge in [0.2, 0.25) is 10.0 Å². The molecular weight excluding hydrogens is 432 g/mol. The Morgan fingerprint density at radius 2 is 1.71 bits per heavy atom. The number of rotatable bonds is 8. The average molecular weight is 457 g/mol. The first-order valence-corrected chi connectivity index (χ1v) is 12.2. The molecule has 0 unspecified atom stereocenters. The molecule has 0 radical (unpaired) electrons. The van der Waals surface area contributed by atoms with Gasteiger partial charge in [-0.3, -0.25) is 4.79 Å². The molecular formula is C23H24N2O4S2. The molecule has 3 aromatic rings. The summed E-state index contributed by atoms with van der Waals surface area (Å²) in [6.07, 6.45) is 1.94. The van der Waals surface area contributed by atoms with E-state index >= 15 is 0 Å². The Hall–Kier alpha value is -2.81. The number of carbonyl (C=O) groups excluding carboxylic acids is 1. The van der Waals surface area contributed by atoms with Crippen LogP contribution in [-0.2, 0) is 16.6 Å². The molecule has 0 saturated heterocycles. The molecule has 6 nitrogen and oxygen atoms in total. The number of hydrogen-bond acceptors (Lipinski definition) is 5. The van der Waals surface area contributed by atoms with Crippen molar-refractivity contribution >= 4 is 33.4 Å². The van der Waals surface area contributed by atoms with E-state index in [1.165, 1.54) is 18.5 Å². The average Bonchev–Trinajstić information content (AvgIpc) is 2.79. The number of thioether (sulfide) groups is 1. The van der Waals surface area contributed by atoms with Crippen LogP contribution in [0.1, 0.15) is 15.9 Å². The molecule has 0 heterocycles. The minimum absolute atomic E-state index is 0.0585. The highest BCUT2D eigenvalue weighted by atomic mass is 32.2. The van der Waals surface area contributed by atoms with Crippen molar-refractivity contribution in [3.63, 3.8) is 0 Å². The topological polar surface area (TPSA) is 75.7 Å². The first-order valence-electron chi connectivity index (χ1n) is 9.49. The highest BCUT2D eigenvalue weighted by molar-refractivity contribution is 7.98. The van der Waals surface area contributed by atoms with E-state index in [9.17, 15) is 13.2 Å². The molecule has 0 aliphatic heterocycles. The van der Waals surface area contributed by atoms with Gasteiger partial charge in [-0.15, -0.1) is 11.8 Å². The third-order valence-electron chi connectivity index (χ3n) is 4.74. The van der Waals surface area contributed by atoms with Crippen LogP contribution < -0.4 is 10.1 Å². The lowest BCUT2D eigenvalue weighted by Crippen LogP contribution is -2.27. The molecule has 8 heteroatoms. The van der Waals surface area contributed by atoms with Gasteiger partial charge >= 0.3 is 0 Å². The minimum atomic E-state index is -3.68. The molecule has 31 heavy (non-hydrogen) atoms. The Labute approximate surface area is 187 Å². The second kappa shape index (κ2) is 10.00. The fourth-order valence-corrected chi connectivity index (χ4v) is 4.81. The summed E-state index contributed by atoms with van der Waals surface area (Å²) < 4.78 is 32.4. The molecule has 0 aliphatic carbocycles. The van der Waals surface area contributed by atoms with E-state index in [0.717, 1.165) is 10.6 Å². The van der Waals surface area contributed by atoms with Crippen molar-refractivity contribution in [1.82, 2.24) is 4.31 Å². The summed E-state index contributed by atoms with van der Waals surface area (Å²) in [7, 11) is -0.662. The molecule has 0 aromatic heterocycles. The molecule has 162 valence electrons. The fraction of sp³-hybridized carbons (Fsp3) is 0.174. The monoisotopic (exact) mass is 456 g/mol. The molecule has 0 spiro atoms. The third kappa shape index (κ3) is 5.28. The first kappa shape index (κ1) is 22.9. The summed E-state index contributed by atoms with van der Waals surface area (Å²) in [6.45, 7) is 0.0585. The fourth-order valence-electron chi connectivity index (χ4n) is 3.08. The number of nitrogens with zero attached hydrogens (tertiary/aromatic N) is 1. The van der Waals surface area contributed by atoms with Gasteiger partial charge in [-0.2, -0.15) is 4.31 Å². The molecule has 0 fully saturated rings. The zero-order chi connectivity index (χ0) is 22.4. The maximum absolute atomic E-state index is 12.9. The van der Waals surface area contributed by atoms with Crippen LogP contribution in [0.25, 0.3) is 0 Å². The summed E-state index contributed by atoms with van der Waals surface area (Å²) in [4.78, 5) is 14.0. The normalized spacial score (nSPS) is 11.4. The molecule has 3 rings (SSSR count). The van der Waals surface area contributed by atoms with Crippen LogP contribution >= 0.6 is 11.8 Å². The highest BCUT2D eigenvalue weighted by Crippen LogP contribution is 2.27. The molecule has 0 bridgehead atoms. The Kier molecular flexibility index (Phi) is 7.37. The van der Waals surface area contributed by atoms with E-state index in [2.05, 4.69) is 5.32 Å². The molecule has 0 saturated carbocycles. The van der Waals surface area contributed by atoms with E-state index in [0.29, 0.717) is 16.9 Å². The summed E-state index contributed by atoms with van der Waals surface area (Å²) in [5, 5.41) is 2.92. The molecule has 0 atom stereocenters. The van der Waals surface area contributed by atoms with Crippen LogP contribution in [0.5, 0.6) is 5.75 Å².